The number of ether oxygens (including phenoxy) is 1. The van der Waals surface area contributed by atoms with Gasteiger partial charge in [0.15, 0.2) is 0 Å². The van der Waals surface area contributed by atoms with Crippen molar-refractivity contribution in [3.05, 3.63) is 54.1 Å². The number of benzene rings is 2. The van der Waals surface area contributed by atoms with Gasteiger partial charge in [0.1, 0.15) is 0 Å². The van der Waals surface area contributed by atoms with Crippen LogP contribution in [-0.2, 0) is 14.8 Å². The minimum Gasteiger partial charge on any atom is -0.449 e. The van der Waals surface area contributed by atoms with Crippen LogP contribution in [0.3, 0.4) is 0 Å². The number of rotatable bonds is 7. The molecule has 1 N–H and O–H groups in total. The molecule has 0 saturated carbocycles. The highest BCUT2D eigenvalue weighted by molar-refractivity contribution is 7.89. The second-order valence-electron chi connectivity index (χ2n) is 7.97. The van der Waals surface area contributed by atoms with Crippen molar-refractivity contribution in [3.63, 3.8) is 0 Å². The Balaban J connectivity index is 1.33. The van der Waals surface area contributed by atoms with Crippen molar-refractivity contribution >= 4 is 16.1 Å². The zero-order chi connectivity index (χ0) is 22.6. The minimum atomic E-state index is -3.57. The molecule has 0 aromatic heterocycles. The fourth-order valence-electron chi connectivity index (χ4n) is 4.02. The zero-order valence-corrected chi connectivity index (χ0v) is 18.6. The summed E-state index contributed by atoms with van der Waals surface area (Å²) in [5, 5.41) is 12.3. The molecule has 2 aromatic carbocycles. The molecule has 32 heavy (non-hydrogen) atoms. The summed E-state index contributed by atoms with van der Waals surface area (Å²) in [6, 6.07) is 16.2. The van der Waals surface area contributed by atoms with E-state index in [1.165, 1.54) is 4.31 Å². The van der Waals surface area contributed by atoms with E-state index in [0.717, 1.165) is 24.0 Å². The predicted molar refractivity (Wildman–Crippen MR) is 119 cm³/mol. The summed E-state index contributed by atoms with van der Waals surface area (Å²) in [6.45, 7) is 3.20. The SMILES string of the molecule is N#Cc1ccc(-c2ccc(S(=O)(=O)N3CCC(NCCN4CCCOC4=O)C3)cc2)cc1. The highest BCUT2D eigenvalue weighted by atomic mass is 32.2. The maximum Gasteiger partial charge on any atom is 0.409 e. The third-order valence-corrected chi connectivity index (χ3v) is 7.74. The Kier molecular flexibility index (Phi) is 6.74. The van der Waals surface area contributed by atoms with Crippen LogP contribution in [0.5, 0.6) is 0 Å². The summed E-state index contributed by atoms with van der Waals surface area (Å²) in [5.74, 6) is 0. The number of nitrogens with one attached hydrogen (secondary N) is 1. The van der Waals surface area contributed by atoms with Gasteiger partial charge in [-0.15, -0.1) is 0 Å². The third kappa shape index (κ3) is 4.93. The molecule has 8 nitrogen and oxygen atoms in total. The van der Waals surface area contributed by atoms with Crippen LogP contribution in [0.25, 0.3) is 11.1 Å². The third-order valence-electron chi connectivity index (χ3n) is 5.86. The first-order valence-corrected chi connectivity index (χ1v) is 12.2. The average molecular weight is 455 g/mol. The maximum absolute atomic E-state index is 13.1. The molecule has 2 fully saturated rings. The molecule has 1 unspecified atom stereocenters. The van der Waals surface area contributed by atoms with Gasteiger partial charge in [-0.05, 0) is 48.2 Å². The van der Waals surface area contributed by atoms with Gasteiger partial charge in [-0.3, -0.25) is 0 Å². The molecule has 0 bridgehead atoms. The quantitative estimate of drug-likeness (QED) is 0.689. The fraction of sp³-hybridized carbons (Fsp3) is 0.391. The van der Waals surface area contributed by atoms with Crippen LogP contribution in [0.2, 0.25) is 0 Å². The van der Waals surface area contributed by atoms with E-state index < -0.39 is 10.0 Å². The van der Waals surface area contributed by atoms with Crippen molar-refractivity contribution in [3.8, 4) is 17.2 Å². The number of sulfonamides is 1. The molecule has 168 valence electrons. The first-order chi connectivity index (χ1) is 15.5. The summed E-state index contributed by atoms with van der Waals surface area (Å²) in [7, 11) is -3.57. The van der Waals surface area contributed by atoms with E-state index in [4.69, 9.17) is 10.00 Å². The minimum absolute atomic E-state index is 0.0588. The molecule has 2 aliphatic rings. The highest BCUT2D eigenvalue weighted by Crippen LogP contribution is 2.25. The number of nitriles is 1. The van der Waals surface area contributed by atoms with Crippen molar-refractivity contribution in [1.82, 2.24) is 14.5 Å². The van der Waals surface area contributed by atoms with E-state index in [-0.39, 0.29) is 17.0 Å². The number of hydrogen-bond donors (Lipinski definition) is 1. The number of carbonyl (C=O) groups is 1. The summed E-state index contributed by atoms with van der Waals surface area (Å²) >= 11 is 0. The first kappa shape index (κ1) is 22.3. The monoisotopic (exact) mass is 454 g/mol. The molecule has 2 heterocycles. The molecular formula is C23H26N4O4S. The van der Waals surface area contributed by atoms with Gasteiger partial charge in [0.05, 0.1) is 23.1 Å². The summed E-state index contributed by atoms with van der Waals surface area (Å²) in [4.78, 5) is 13.6. The lowest BCUT2D eigenvalue weighted by atomic mass is 10.0. The van der Waals surface area contributed by atoms with Gasteiger partial charge >= 0.3 is 6.09 Å². The van der Waals surface area contributed by atoms with Crippen molar-refractivity contribution in [2.75, 3.05) is 39.3 Å². The van der Waals surface area contributed by atoms with Crippen LogP contribution in [0, 0.1) is 11.3 Å². The van der Waals surface area contributed by atoms with E-state index in [0.29, 0.717) is 44.9 Å². The number of cyclic esters (lactones) is 1. The molecule has 0 radical (unpaired) electrons. The van der Waals surface area contributed by atoms with E-state index >= 15 is 0 Å². The smallest absolute Gasteiger partial charge is 0.409 e. The summed E-state index contributed by atoms with van der Waals surface area (Å²) < 4.78 is 32.7. The number of carbonyl (C=O) groups excluding carboxylic acids is 1. The molecule has 2 aliphatic heterocycles. The van der Waals surface area contributed by atoms with Crippen LogP contribution in [-0.4, -0.2) is 69.1 Å². The molecule has 2 aromatic rings. The Morgan fingerprint density at radius 1 is 1.06 bits per heavy atom. The lowest BCUT2D eigenvalue weighted by molar-refractivity contribution is 0.0731. The average Bonchev–Trinajstić information content (AvgIpc) is 3.30. The molecule has 9 heteroatoms. The van der Waals surface area contributed by atoms with Crippen LogP contribution in [0.1, 0.15) is 18.4 Å². The standard InChI is InChI=1S/C23H26N4O4S/c24-16-18-2-4-19(5-3-18)20-6-8-22(9-7-20)32(29,30)27-13-10-21(17-27)25-11-14-26-12-1-15-31-23(26)28/h2-9,21,25H,1,10-15,17H2. The van der Waals surface area contributed by atoms with Crippen LogP contribution >= 0.6 is 0 Å². The van der Waals surface area contributed by atoms with Gasteiger partial charge in [-0.2, -0.15) is 9.57 Å². The Hall–Kier alpha value is -2.93. The van der Waals surface area contributed by atoms with Crippen LogP contribution in [0.15, 0.2) is 53.4 Å². The van der Waals surface area contributed by atoms with Crippen molar-refractivity contribution in [1.29, 1.82) is 5.26 Å². The fourth-order valence-corrected chi connectivity index (χ4v) is 5.52. The lowest BCUT2D eigenvalue weighted by Gasteiger charge is -2.27. The van der Waals surface area contributed by atoms with Gasteiger partial charge in [-0.1, -0.05) is 24.3 Å². The van der Waals surface area contributed by atoms with Crippen LogP contribution < -0.4 is 5.32 Å². The molecule has 4 rings (SSSR count). The summed E-state index contributed by atoms with van der Waals surface area (Å²) in [5.41, 5.74) is 2.41. The van der Waals surface area contributed by atoms with Gasteiger partial charge in [0.25, 0.3) is 0 Å². The molecule has 1 amide bonds. The lowest BCUT2D eigenvalue weighted by Crippen LogP contribution is -2.44. The van der Waals surface area contributed by atoms with Crippen molar-refractivity contribution in [2.45, 2.75) is 23.8 Å². The zero-order valence-electron chi connectivity index (χ0n) is 17.7. The van der Waals surface area contributed by atoms with Gasteiger partial charge < -0.3 is 15.0 Å². The van der Waals surface area contributed by atoms with E-state index in [1.54, 1.807) is 41.3 Å². The molecule has 1 atom stereocenters. The van der Waals surface area contributed by atoms with E-state index in [2.05, 4.69) is 11.4 Å². The van der Waals surface area contributed by atoms with Gasteiger partial charge in [0.2, 0.25) is 10.0 Å². The van der Waals surface area contributed by atoms with Crippen molar-refractivity contribution < 1.29 is 17.9 Å². The molecule has 2 saturated heterocycles. The number of amides is 1. The Morgan fingerprint density at radius 2 is 1.75 bits per heavy atom. The normalized spacial score (nSPS) is 19.5. The Bertz CT molecular complexity index is 1090. The van der Waals surface area contributed by atoms with E-state index in [1.807, 2.05) is 12.1 Å². The Morgan fingerprint density at radius 3 is 2.41 bits per heavy atom. The van der Waals surface area contributed by atoms with Gasteiger partial charge in [0, 0.05) is 38.8 Å². The second-order valence-corrected chi connectivity index (χ2v) is 9.91. The molecule has 0 aliphatic carbocycles. The second kappa shape index (κ2) is 9.69. The number of nitrogens with zero attached hydrogens (tertiary/aromatic N) is 3. The number of hydrogen-bond acceptors (Lipinski definition) is 6. The maximum atomic E-state index is 13.1. The van der Waals surface area contributed by atoms with Gasteiger partial charge in [-0.25, -0.2) is 13.2 Å². The summed E-state index contributed by atoms with van der Waals surface area (Å²) in [6.07, 6.45) is 1.29. The first-order valence-electron chi connectivity index (χ1n) is 10.7. The predicted octanol–water partition coefficient (Wildman–Crippen LogP) is 2.42. The topological polar surface area (TPSA) is 103 Å². The molecular weight excluding hydrogens is 428 g/mol. The van der Waals surface area contributed by atoms with E-state index in [9.17, 15) is 13.2 Å². The highest BCUT2D eigenvalue weighted by Gasteiger charge is 2.32. The van der Waals surface area contributed by atoms with Crippen LogP contribution in [0.4, 0.5) is 4.79 Å². The van der Waals surface area contributed by atoms with Crippen molar-refractivity contribution in [2.24, 2.45) is 0 Å². The largest absolute Gasteiger partial charge is 0.449 e. The Labute approximate surface area is 188 Å². The molecule has 0 spiro atoms.